The van der Waals surface area contributed by atoms with Crippen LogP contribution in [0.2, 0.25) is 0 Å². The van der Waals surface area contributed by atoms with Crippen LogP contribution in [0.1, 0.15) is 31.3 Å². The van der Waals surface area contributed by atoms with E-state index in [-0.39, 0.29) is 23.6 Å². The molecule has 0 saturated carbocycles. The van der Waals surface area contributed by atoms with Gasteiger partial charge in [0.2, 0.25) is 11.0 Å². The Kier molecular flexibility index (Phi) is 4.76. The lowest BCUT2D eigenvalue weighted by Gasteiger charge is -2.05. The van der Waals surface area contributed by atoms with Crippen LogP contribution >= 0.6 is 0 Å². The molecule has 0 fully saturated rings. The highest BCUT2D eigenvalue weighted by atomic mass is 32.2. The Morgan fingerprint density at radius 2 is 2.05 bits per heavy atom. The van der Waals surface area contributed by atoms with Crippen molar-refractivity contribution in [3.05, 3.63) is 29.6 Å². The molecule has 0 bridgehead atoms. The van der Waals surface area contributed by atoms with E-state index in [0.29, 0.717) is 18.1 Å². The number of sulfonamides is 1. The second-order valence-corrected chi connectivity index (χ2v) is 6.51. The Bertz CT molecular complexity index is 690. The van der Waals surface area contributed by atoms with E-state index in [1.807, 2.05) is 13.8 Å². The molecule has 0 spiro atoms. The monoisotopic (exact) mass is 314 g/mol. The van der Waals surface area contributed by atoms with Crippen LogP contribution in [0.3, 0.4) is 0 Å². The van der Waals surface area contributed by atoms with E-state index in [1.54, 1.807) is 13.0 Å². The van der Waals surface area contributed by atoms with Gasteiger partial charge in [-0.25, -0.2) is 8.42 Å². The fourth-order valence-corrected chi connectivity index (χ4v) is 2.46. The molecule has 0 radical (unpaired) electrons. The molecule has 0 aliphatic heterocycles. The van der Waals surface area contributed by atoms with Gasteiger partial charge in [0.05, 0.1) is 13.1 Å². The molecule has 116 valence electrons. The van der Waals surface area contributed by atoms with Gasteiger partial charge >= 0.3 is 0 Å². The van der Waals surface area contributed by atoms with Gasteiger partial charge in [-0.05, 0) is 19.1 Å². The Balaban J connectivity index is 1.99. The van der Waals surface area contributed by atoms with Crippen LogP contribution in [-0.2, 0) is 23.1 Å². The Labute approximate surface area is 123 Å². The molecule has 9 heteroatoms. The van der Waals surface area contributed by atoms with Crippen molar-refractivity contribution in [1.29, 1.82) is 0 Å². The van der Waals surface area contributed by atoms with Gasteiger partial charge in [0.25, 0.3) is 10.0 Å². The van der Waals surface area contributed by atoms with Crippen LogP contribution < -0.4 is 10.0 Å². The second kappa shape index (κ2) is 6.37. The molecular weight excluding hydrogens is 296 g/mol. The minimum atomic E-state index is -3.74. The number of furan rings is 1. The third kappa shape index (κ3) is 4.38. The average molecular weight is 314 g/mol. The Morgan fingerprint density at radius 1 is 1.29 bits per heavy atom. The average Bonchev–Trinajstić information content (AvgIpc) is 3.03. The van der Waals surface area contributed by atoms with E-state index in [4.69, 9.17) is 8.94 Å². The van der Waals surface area contributed by atoms with Crippen LogP contribution in [0, 0.1) is 6.92 Å². The lowest BCUT2D eigenvalue weighted by atomic mass is 10.3. The smallest absolute Gasteiger partial charge is 0.274 e. The van der Waals surface area contributed by atoms with Gasteiger partial charge < -0.3 is 14.3 Å². The van der Waals surface area contributed by atoms with Crippen molar-refractivity contribution in [2.24, 2.45) is 0 Å². The molecule has 0 aliphatic rings. The molecule has 2 heterocycles. The molecule has 2 aromatic rings. The summed E-state index contributed by atoms with van der Waals surface area (Å²) in [7, 11) is -3.74. The fourth-order valence-electron chi connectivity index (χ4n) is 1.54. The van der Waals surface area contributed by atoms with Crippen molar-refractivity contribution in [3.8, 4) is 0 Å². The van der Waals surface area contributed by atoms with Crippen LogP contribution in [0.4, 0.5) is 0 Å². The topological polar surface area (TPSA) is 110 Å². The van der Waals surface area contributed by atoms with Gasteiger partial charge in [0, 0.05) is 6.04 Å². The second-order valence-electron chi connectivity index (χ2n) is 4.82. The molecule has 2 rings (SSSR count). The van der Waals surface area contributed by atoms with E-state index in [2.05, 4.69) is 20.2 Å². The van der Waals surface area contributed by atoms with Crippen LogP contribution in [-0.4, -0.2) is 24.6 Å². The quantitative estimate of drug-likeness (QED) is 0.782. The number of nitrogens with one attached hydrogen (secondary N) is 2. The van der Waals surface area contributed by atoms with Crippen LogP contribution in [0.5, 0.6) is 0 Å². The minimum Gasteiger partial charge on any atom is -0.447 e. The molecule has 2 aromatic heterocycles. The zero-order valence-electron chi connectivity index (χ0n) is 12.1. The van der Waals surface area contributed by atoms with Crippen molar-refractivity contribution in [3.63, 3.8) is 0 Å². The number of aromatic nitrogens is 2. The molecular formula is C12H18N4O4S. The van der Waals surface area contributed by atoms with Gasteiger partial charge in [-0.1, -0.05) is 19.0 Å². The molecule has 0 saturated heterocycles. The number of nitrogens with zero attached hydrogens (tertiary/aromatic N) is 2. The van der Waals surface area contributed by atoms with E-state index in [1.165, 1.54) is 6.07 Å². The first kappa shape index (κ1) is 15.7. The third-order valence-electron chi connectivity index (χ3n) is 2.57. The fraction of sp³-hybridized carbons (Fsp3) is 0.500. The molecule has 0 atom stereocenters. The lowest BCUT2D eigenvalue weighted by Crippen LogP contribution is -2.23. The van der Waals surface area contributed by atoms with Crippen molar-refractivity contribution in [2.75, 3.05) is 0 Å². The summed E-state index contributed by atoms with van der Waals surface area (Å²) in [5, 5.41) is 6.59. The van der Waals surface area contributed by atoms with Gasteiger partial charge in [-0.3, -0.25) is 0 Å². The molecule has 0 unspecified atom stereocenters. The van der Waals surface area contributed by atoms with E-state index in [9.17, 15) is 8.42 Å². The molecule has 2 N–H and O–H groups in total. The first-order valence-electron chi connectivity index (χ1n) is 6.48. The highest BCUT2D eigenvalue weighted by Gasteiger charge is 2.19. The summed E-state index contributed by atoms with van der Waals surface area (Å²) in [4.78, 5) is 3.92. The van der Waals surface area contributed by atoms with Crippen molar-refractivity contribution < 1.29 is 17.4 Å². The Morgan fingerprint density at radius 3 is 2.67 bits per heavy atom. The van der Waals surface area contributed by atoms with Crippen molar-refractivity contribution in [2.45, 2.75) is 45.0 Å². The van der Waals surface area contributed by atoms with Crippen LogP contribution in [0.25, 0.3) is 0 Å². The highest BCUT2D eigenvalue weighted by molar-refractivity contribution is 7.89. The number of aryl methyl sites for hydroxylation is 1. The maximum atomic E-state index is 12.0. The summed E-state index contributed by atoms with van der Waals surface area (Å²) < 4.78 is 36.6. The largest absolute Gasteiger partial charge is 0.447 e. The summed E-state index contributed by atoms with van der Waals surface area (Å²) in [6, 6.07) is 3.33. The van der Waals surface area contributed by atoms with Crippen molar-refractivity contribution >= 4 is 10.0 Å². The zero-order valence-corrected chi connectivity index (χ0v) is 12.9. The van der Waals surface area contributed by atoms with E-state index < -0.39 is 10.0 Å². The summed E-state index contributed by atoms with van der Waals surface area (Å²) in [6.45, 7) is 6.03. The molecule has 21 heavy (non-hydrogen) atoms. The Hall–Kier alpha value is -1.71. The van der Waals surface area contributed by atoms with Gasteiger partial charge in [0.15, 0.2) is 5.82 Å². The van der Waals surface area contributed by atoms with E-state index >= 15 is 0 Å². The van der Waals surface area contributed by atoms with Gasteiger partial charge in [0.1, 0.15) is 5.76 Å². The molecule has 0 amide bonds. The summed E-state index contributed by atoms with van der Waals surface area (Å²) in [6.07, 6.45) is 0. The highest BCUT2D eigenvalue weighted by Crippen LogP contribution is 2.14. The van der Waals surface area contributed by atoms with Crippen LogP contribution in [0.15, 0.2) is 26.2 Å². The predicted molar refractivity (Wildman–Crippen MR) is 73.7 cm³/mol. The maximum Gasteiger partial charge on any atom is 0.274 e. The first-order valence-corrected chi connectivity index (χ1v) is 7.96. The van der Waals surface area contributed by atoms with Gasteiger partial charge in [-0.2, -0.15) is 9.71 Å². The van der Waals surface area contributed by atoms with E-state index in [0.717, 1.165) is 0 Å². The van der Waals surface area contributed by atoms with Gasteiger partial charge in [-0.15, -0.1) is 0 Å². The number of rotatable bonds is 7. The standard InChI is InChI=1S/C12H18N4O4S/c1-8(2)13-6-10-4-5-12(19-10)21(17,18)14-7-11-15-9(3)16-20-11/h4-5,8,13-14H,6-7H2,1-3H3. The summed E-state index contributed by atoms with van der Waals surface area (Å²) in [5.41, 5.74) is 0. The normalized spacial score (nSPS) is 12.2. The summed E-state index contributed by atoms with van der Waals surface area (Å²) in [5.74, 6) is 1.20. The lowest BCUT2D eigenvalue weighted by molar-refractivity contribution is 0.368. The molecule has 0 aliphatic carbocycles. The predicted octanol–water partition coefficient (Wildman–Crippen LogP) is 0.948. The SMILES string of the molecule is Cc1noc(CNS(=O)(=O)c2ccc(CNC(C)C)o2)n1. The molecule has 8 nitrogen and oxygen atoms in total. The minimum absolute atomic E-state index is 0.0799. The number of hydrogen-bond acceptors (Lipinski definition) is 7. The zero-order chi connectivity index (χ0) is 15.5. The van der Waals surface area contributed by atoms with Crippen molar-refractivity contribution in [1.82, 2.24) is 20.2 Å². The maximum absolute atomic E-state index is 12.0. The summed E-state index contributed by atoms with van der Waals surface area (Å²) >= 11 is 0. The first-order chi connectivity index (χ1) is 9.87. The number of hydrogen-bond donors (Lipinski definition) is 2. The molecule has 0 aromatic carbocycles. The third-order valence-corrected chi connectivity index (χ3v) is 3.84.